The third-order valence-corrected chi connectivity index (χ3v) is 3.86. The van der Waals surface area contributed by atoms with E-state index in [1.54, 1.807) is 6.92 Å². The molecule has 0 radical (unpaired) electrons. The summed E-state index contributed by atoms with van der Waals surface area (Å²) in [6, 6.07) is 0.0825. The van der Waals surface area contributed by atoms with Crippen molar-refractivity contribution < 1.29 is 13.2 Å². The van der Waals surface area contributed by atoms with Gasteiger partial charge in [-0.3, -0.25) is 4.90 Å². The highest BCUT2D eigenvalue weighted by Crippen LogP contribution is 2.27. The van der Waals surface area contributed by atoms with Crippen LogP contribution in [-0.2, 0) is 0 Å². The van der Waals surface area contributed by atoms with Crippen molar-refractivity contribution in [2.45, 2.75) is 64.8 Å². The van der Waals surface area contributed by atoms with Gasteiger partial charge in [-0.25, -0.2) is 0 Å². The van der Waals surface area contributed by atoms with Crippen LogP contribution >= 0.6 is 0 Å². The lowest BCUT2D eigenvalue weighted by molar-refractivity contribution is -0.149. The maximum Gasteiger partial charge on any atom is 0.390 e. The van der Waals surface area contributed by atoms with Crippen LogP contribution in [0.5, 0.6) is 0 Å². The van der Waals surface area contributed by atoms with E-state index in [1.807, 2.05) is 11.8 Å². The van der Waals surface area contributed by atoms with Crippen LogP contribution in [0, 0.1) is 5.92 Å². The largest absolute Gasteiger partial charge is 0.390 e. The minimum atomic E-state index is -4.07. The molecule has 5 heteroatoms. The summed E-state index contributed by atoms with van der Waals surface area (Å²) in [4.78, 5) is 2.04. The zero-order valence-corrected chi connectivity index (χ0v) is 11.7. The number of hydrogen-bond acceptors (Lipinski definition) is 2. The molecule has 1 aliphatic rings. The number of piperazine rings is 1. The van der Waals surface area contributed by atoms with Crippen LogP contribution in [0.3, 0.4) is 0 Å². The molecule has 1 rings (SSSR count). The van der Waals surface area contributed by atoms with Gasteiger partial charge in [0.25, 0.3) is 0 Å². The Hall–Kier alpha value is -0.290. The molecule has 108 valence electrons. The fraction of sp³-hybridized carbons (Fsp3) is 1.00. The van der Waals surface area contributed by atoms with E-state index < -0.39 is 18.6 Å². The van der Waals surface area contributed by atoms with Crippen LogP contribution in [-0.4, -0.2) is 42.3 Å². The van der Waals surface area contributed by atoms with Crippen LogP contribution in [0.25, 0.3) is 0 Å². The third-order valence-electron chi connectivity index (χ3n) is 3.86. The van der Waals surface area contributed by atoms with Gasteiger partial charge in [-0.1, -0.05) is 20.8 Å². The second-order valence-corrected chi connectivity index (χ2v) is 5.69. The summed E-state index contributed by atoms with van der Waals surface area (Å²) in [5, 5.41) is 3.44. The van der Waals surface area contributed by atoms with Crippen molar-refractivity contribution in [3.8, 4) is 0 Å². The fourth-order valence-electron chi connectivity index (χ4n) is 2.66. The quantitative estimate of drug-likeness (QED) is 0.841. The first kappa shape index (κ1) is 15.8. The summed E-state index contributed by atoms with van der Waals surface area (Å²) >= 11 is 0. The van der Waals surface area contributed by atoms with Crippen LogP contribution in [0.15, 0.2) is 0 Å². The standard InChI is InChI=1S/C13H25F3N2/c1-5-11-7-17-12(9(2)3)8-18(11)10(4)6-13(14,15)16/h9-12,17H,5-8H2,1-4H3. The first-order valence-electron chi connectivity index (χ1n) is 6.80. The Morgan fingerprint density at radius 1 is 1.28 bits per heavy atom. The van der Waals surface area contributed by atoms with Gasteiger partial charge in [0, 0.05) is 31.2 Å². The molecular weight excluding hydrogens is 241 g/mol. The second-order valence-electron chi connectivity index (χ2n) is 5.69. The number of nitrogens with one attached hydrogen (secondary N) is 1. The molecule has 0 aromatic rings. The topological polar surface area (TPSA) is 15.3 Å². The van der Waals surface area contributed by atoms with Gasteiger partial charge in [-0.15, -0.1) is 0 Å². The lowest BCUT2D eigenvalue weighted by Gasteiger charge is -2.44. The third kappa shape index (κ3) is 4.43. The second kappa shape index (κ2) is 6.24. The highest BCUT2D eigenvalue weighted by atomic mass is 19.4. The van der Waals surface area contributed by atoms with Gasteiger partial charge >= 0.3 is 6.18 Å². The van der Waals surface area contributed by atoms with E-state index in [0.29, 0.717) is 18.5 Å². The predicted octanol–water partition coefficient (Wildman–Crippen LogP) is 3.04. The smallest absolute Gasteiger partial charge is 0.311 e. The van der Waals surface area contributed by atoms with Gasteiger partial charge in [0.1, 0.15) is 0 Å². The Balaban J connectivity index is 2.67. The van der Waals surface area contributed by atoms with Crippen molar-refractivity contribution in [3.63, 3.8) is 0 Å². The molecular formula is C13H25F3N2. The van der Waals surface area contributed by atoms with E-state index in [1.165, 1.54) is 0 Å². The highest BCUT2D eigenvalue weighted by Gasteiger charge is 2.37. The van der Waals surface area contributed by atoms with Crippen molar-refractivity contribution in [1.82, 2.24) is 10.2 Å². The molecule has 0 saturated carbocycles. The Bertz CT molecular complexity index is 253. The van der Waals surface area contributed by atoms with Crippen molar-refractivity contribution >= 4 is 0 Å². The van der Waals surface area contributed by atoms with Crippen LogP contribution in [0.4, 0.5) is 13.2 Å². The van der Waals surface area contributed by atoms with Crippen molar-refractivity contribution in [3.05, 3.63) is 0 Å². The van der Waals surface area contributed by atoms with Crippen molar-refractivity contribution in [1.29, 1.82) is 0 Å². The fourth-order valence-corrected chi connectivity index (χ4v) is 2.66. The lowest BCUT2D eigenvalue weighted by atomic mass is 9.96. The van der Waals surface area contributed by atoms with E-state index in [2.05, 4.69) is 19.2 Å². The normalized spacial score (nSPS) is 28.7. The molecule has 1 aliphatic heterocycles. The van der Waals surface area contributed by atoms with E-state index >= 15 is 0 Å². The first-order valence-corrected chi connectivity index (χ1v) is 6.80. The van der Waals surface area contributed by atoms with E-state index in [9.17, 15) is 13.2 Å². The molecule has 1 saturated heterocycles. The molecule has 0 amide bonds. The molecule has 1 N–H and O–H groups in total. The molecule has 3 atom stereocenters. The minimum absolute atomic E-state index is 0.220. The lowest BCUT2D eigenvalue weighted by Crippen LogP contribution is -2.60. The summed E-state index contributed by atoms with van der Waals surface area (Å²) in [7, 11) is 0. The van der Waals surface area contributed by atoms with Crippen LogP contribution in [0.2, 0.25) is 0 Å². The zero-order chi connectivity index (χ0) is 13.9. The van der Waals surface area contributed by atoms with E-state index in [0.717, 1.165) is 13.0 Å². The summed E-state index contributed by atoms with van der Waals surface area (Å²) in [5.74, 6) is 0.448. The molecule has 0 bridgehead atoms. The SMILES string of the molecule is CCC1CNC(C(C)C)CN1C(C)CC(F)(F)F. The summed E-state index contributed by atoms with van der Waals surface area (Å²) in [6.45, 7) is 9.45. The first-order chi connectivity index (χ1) is 8.24. The molecule has 0 aromatic heterocycles. The van der Waals surface area contributed by atoms with Gasteiger partial charge in [0.2, 0.25) is 0 Å². The van der Waals surface area contributed by atoms with E-state index in [-0.39, 0.29) is 6.04 Å². The minimum Gasteiger partial charge on any atom is -0.311 e. The van der Waals surface area contributed by atoms with Gasteiger partial charge in [0.05, 0.1) is 6.42 Å². The molecule has 3 unspecified atom stereocenters. The zero-order valence-electron chi connectivity index (χ0n) is 11.7. The Kier molecular flexibility index (Phi) is 5.46. The maximum atomic E-state index is 12.5. The molecule has 0 aromatic carbocycles. The average molecular weight is 266 g/mol. The molecule has 0 aliphatic carbocycles. The van der Waals surface area contributed by atoms with Gasteiger partial charge in [-0.05, 0) is 19.3 Å². The summed E-state index contributed by atoms with van der Waals surface area (Å²) in [5.41, 5.74) is 0. The van der Waals surface area contributed by atoms with Crippen LogP contribution in [0.1, 0.15) is 40.5 Å². The molecule has 2 nitrogen and oxygen atoms in total. The van der Waals surface area contributed by atoms with E-state index in [4.69, 9.17) is 0 Å². The van der Waals surface area contributed by atoms with Crippen molar-refractivity contribution in [2.24, 2.45) is 5.92 Å². The molecule has 18 heavy (non-hydrogen) atoms. The Morgan fingerprint density at radius 3 is 2.33 bits per heavy atom. The Morgan fingerprint density at radius 2 is 1.89 bits per heavy atom. The maximum absolute atomic E-state index is 12.5. The summed E-state index contributed by atoms with van der Waals surface area (Å²) in [6.07, 6.45) is -3.90. The molecule has 0 spiro atoms. The van der Waals surface area contributed by atoms with Gasteiger partial charge < -0.3 is 5.32 Å². The molecule has 1 heterocycles. The number of rotatable bonds is 4. The predicted molar refractivity (Wildman–Crippen MR) is 67.5 cm³/mol. The van der Waals surface area contributed by atoms with Crippen LogP contribution < -0.4 is 5.32 Å². The number of hydrogen-bond donors (Lipinski definition) is 1. The number of alkyl halides is 3. The van der Waals surface area contributed by atoms with Crippen molar-refractivity contribution in [2.75, 3.05) is 13.1 Å². The molecule has 1 fully saturated rings. The highest BCUT2D eigenvalue weighted by molar-refractivity contribution is 4.89. The Labute approximate surface area is 108 Å². The number of nitrogens with zero attached hydrogens (tertiary/aromatic N) is 1. The average Bonchev–Trinajstić information content (AvgIpc) is 2.25. The summed E-state index contributed by atoms with van der Waals surface area (Å²) < 4.78 is 37.5. The monoisotopic (exact) mass is 266 g/mol. The number of halogens is 3. The van der Waals surface area contributed by atoms with Gasteiger partial charge in [0.15, 0.2) is 0 Å². The van der Waals surface area contributed by atoms with Gasteiger partial charge in [-0.2, -0.15) is 13.2 Å².